The molecular formula is C15H17F3N4OS. The van der Waals surface area contributed by atoms with Crippen molar-refractivity contribution < 1.29 is 18.0 Å². The van der Waals surface area contributed by atoms with Crippen LogP contribution in [-0.4, -0.2) is 38.6 Å². The van der Waals surface area contributed by atoms with Crippen LogP contribution in [-0.2, 0) is 4.79 Å². The van der Waals surface area contributed by atoms with E-state index in [1.165, 1.54) is 6.92 Å². The van der Waals surface area contributed by atoms with Crippen molar-refractivity contribution >= 4 is 17.7 Å². The van der Waals surface area contributed by atoms with Gasteiger partial charge in [-0.05, 0) is 32.4 Å². The number of hydrogen-bond acceptors (Lipinski definition) is 4. The standard InChI is InChI=1S/C15H17F3N4OS/c1-9-6-4-5-7-12(9)22-11(3)20-21-14(22)24-10(2)13(23)19-8-15(16,17)18/h4-7,10H,8H2,1-3H3,(H,19,23)/t10-/m0/s1. The minimum atomic E-state index is -4.43. The van der Waals surface area contributed by atoms with Crippen molar-refractivity contribution in [3.63, 3.8) is 0 Å². The smallest absolute Gasteiger partial charge is 0.346 e. The monoisotopic (exact) mass is 358 g/mol. The van der Waals surface area contributed by atoms with E-state index in [-0.39, 0.29) is 0 Å². The Balaban J connectivity index is 2.17. The highest BCUT2D eigenvalue weighted by atomic mass is 32.2. The molecule has 1 atom stereocenters. The summed E-state index contributed by atoms with van der Waals surface area (Å²) in [4.78, 5) is 11.8. The van der Waals surface area contributed by atoms with Gasteiger partial charge in [-0.3, -0.25) is 9.36 Å². The van der Waals surface area contributed by atoms with Gasteiger partial charge in [0.15, 0.2) is 5.16 Å². The Kier molecular flexibility index (Phi) is 5.53. The van der Waals surface area contributed by atoms with E-state index in [1.807, 2.05) is 36.5 Å². The fourth-order valence-corrected chi connectivity index (χ4v) is 2.98. The maximum atomic E-state index is 12.2. The van der Waals surface area contributed by atoms with E-state index in [4.69, 9.17) is 0 Å². The van der Waals surface area contributed by atoms with Gasteiger partial charge in [0.1, 0.15) is 12.4 Å². The van der Waals surface area contributed by atoms with Crippen molar-refractivity contribution in [2.24, 2.45) is 0 Å². The summed E-state index contributed by atoms with van der Waals surface area (Å²) < 4.78 is 38.4. The van der Waals surface area contributed by atoms with Crippen LogP contribution in [0.3, 0.4) is 0 Å². The molecule has 0 fully saturated rings. The van der Waals surface area contributed by atoms with E-state index in [9.17, 15) is 18.0 Å². The fourth-order valence-electron chi connectivity index (χ4n) is 2.05. The Morgan fingerprint density at radius 1 is 1.29 bits per heavy atom. The molecule has 0 aliphatic heterocycles. The summed E-state index contributed by atoms with van der Waals surface area (Å²) in [6, 6.07) is 7.60. The molecule has 0 radical (unpaired) electrons. The summed E-state index contributed by atoms with van der Waals surface area (Å²) in [6.07, 6.45) is -4.43. The first-order valence-corrected chi connectivity index (χ1v) is 8.06. The number of alkyl halides is 3. The lowest BCUT2D eigenvalue weighted by Crippen LogP contribution is -2.38. The van der Waals surface area contributed by atoms with Crippen molar-refractivity contribution in [3.05, 3.63) is 35.7 Å². The summed E-state index contributed by atoms with van der Waals surface area (Å²) in [5.41, 5.74) is 1.86. The fraction of sp³-hybridized carbons (Fsp3) is 0.400. The highest BCUT2D eigenvalue weighted by Gasteiger charge is 2.29. The van der Waals surface area contributed by atoms with Crippen LogP contribution >= 0.6 is 11.8 Å². The number of carbonyl (C=O) groups is 1. The van der Waals surface area contributed by atoms with Crippen molar-refractivity contribution in [1.82, 2.24) is 20.1 Å². The maximum absolute atomic E-state index is 12.2. The number of nitrogens with zero attached hydrogens (tertiary/aromatic N) is 3. The molecule has 1 heterocycles. The Morgan fingerprint density at radius 2 is 1.96 bits per heavy atom. The Morgan fingerprint density at radius 3 is 2.58 bits per heavy atom. The zero-order valence-electron chi connectivity index (χ0n) is 13.4. The summed E-state index contributed by atoms with van der Waals surface area (Å²) in [7, 11) is 0. The molecule has 1 N–H and O–H groups in total. The minimum absolute atomic E-state index is 0.455. The van der Waals surface area contributed by atoms with E-state index in [0.717, 1.165) is 23.0 Å². The number of aromatic nitrogens is 3. The number of thioether (sulfide) groups is 1. The summed E-state index contributed by atoms with van der Waals surface area (Å²) >= 11 is 1.06. The van der Waals surface area contributed by atoms with E-state index < -0.39 is 23.9 Å². The van der Waals surface area contributed by atoms with Gasteiger partial charge in [0, 0.05) is 0 Å². The normalized spacial score (nSPS) is 12.9. The molecule has 1 aromatic carbocycles. The molecular weight excluding hydrogens is 341 g/mol. The minimum Gasteiger partial charge on any atom is -0.346 e. The number of para-hydroxylation sites is 1. The number of nitrogens with one attached hydrogen (secondary N) is 1. The lowest BCUT2D eigenvalue weighted by atomic mass is 10.2. The first kappa shape index (κ1) is 18.3. The number of rotatable bonds is 5. The van der Waals surface area contributed by atoms with Crippen LogP contribution in [0.5, 0.6) is 0 Å². The number of aryl methyl sites for hydroxylation is 2. The summed E-state index contributed by atoms with van der Waals surface area (Å²) in [5.74, 6) is -0.0657. The molecule has 0 aliphatic rings. The summed E-state index contributed by atoms with van der Waals surface area (Å²) in [6.45, 7) is 3.89. The third-order valence-corrected chi connectivity index (χ3v) is 4.31. The van der Waals surface area contributed by atoms with Crippen LogP contribution in [0.2, 0.25) is 0 Å². The molecule has 1 amide bonds. The average Bonchev–Trinajstić information content (AvgIpc) is 2.85. The molecule has 0 unspecified atom stereocenters. The molecule has 0 spiro atoms. The number of benzene rings is 1. The molecule has 24 heavy (non-hydrogen) atoms. The lowest BCUT2D eigenvalue weighted by Gasteiger charge is -2.15. The van der Waals surface area contributed by atoms with E-state index in [1.54, 1.807) is 11.5 Å². The van der Waals surface area contributed by atoms with Gasteiger partial charge >= 0.3 is 6.18 Å². The zero-order valence-corrected chi connectivity index (χ0v) is 14.2. The molecule has 0 saturated carbocycles. The van der Waals surface area contributed by atoms with Crippen molar-refractivity contribution in [2.45, 2.75) is 37.4 Å². The Bertz CT molecular complexity index is 730. The first-order chi connectivity index (χ1) is 11.2. The molecule has 9 heteroatoms. The quantitative estimate of drug-likeness (QED) is 0.835. The second-order valence-corrected chi connectivity index (χ2v) is 6.55. The second-order valence-electron chi connectivity index (χ2n) is 5.24. The van der Waals surface area contributed by atoms with Crippen LogP contribution in [0.15, 0.2) is 29.4 Å². The van der Waals surface area contributed by atoms with Gasteiger partial charge in [0.25, 0.3) is 0 Å². The maximum Gasteiger partial charge on any atom is 0.405 e. The van der Waals surface area contributed by atoms with Crippen molar-refractivity contribution in [2.75, 3.05) is 6.54 Å². The van der Waals surface area contributed by atoms with Crippen LogP contribution < -0.4 is 5.32 Å². The molecule has 0 bridgehead atoms. The third kappa shape index (κ3) is 4.50. The third-order valence-electron chi connectivity index (χ3n) is 3.27. The largest absolute Gasteiger partial charge is 0.405 e. The SMILES string of the molecule is Cc1ccccc1-n1c(C)nnc1S[C@@H](C)C(=O)NCC(F)(F)F. The molecule has 2 rings (SSSR count). The molecule has 5 nitrogen and oxygen atoms in total. The lowest BCUT2D eigenvalue weighted by molar-refractivity contribution is -0.137. The van der Waals surface area contributed by atoms with Crippen LogP contribution in [0.25, 0.3) is 5.69 Å². The van der Waals surface area contributed by atoms with Crippen molar-refractivity contribution in [3.8, 4) is 5.69 Å². The summed E-state index contributed by atoms with van der Waals surface area (Å²) in [5, 5.41) is 9.65. The van der Waals surface area contributed by atoms with Gasteiger partial charge in [-0.25, -0.2) is 0 Å². The van der Waals surface area contributed by atoms with E-state index in [0.29, 0.717) is 11.0 Å². The van der Waals surface area contributed by atoms with Gasteiger partial charge in [0.2, 0.25) is 5.91 Å². The van der Waals surface area contributed by atoms with E-state index in [2.05, 4.69) is 10.2 Å². The number of hydrogen-bond donors (Lipinski definition) is 1. The van der Waals surface area contributed by atoms with Gasteiger partial charge in [-0.1, -0.05) is 30.0 Å². The van der Waals surface area contributed by atoms with E-state index >= 15 is 0 Å². The van der Waals surface area contributed by atoms with Gasteiger partial charge in [-0.15, -0.1) is 10.2 Å². The number of carbonyl (C=O) groups excluding carboxylic acids is 1. The van der Waals surface area contributed by atoms with Gasteiger partial charge in [0.05, 0.1) is 10.9 Å². The Hall–Kier alpha value is -2.03. The topological polar surface area (TPSA) is 59.8 Å². The average molecular weight is 358 g/mol. The molecule has 1 aromatic heterocycles. The van der Waals surface area contributed by atoms with Crippen LogP contribution in [0.1, 0.15) is 18.3 Å². The van der Waals surface area contributed by atoms with Crippen molar-refractivity contribution in [1.29, 1.82) is 0 Å². The molecule has 2 aromatic rings. The molecule has 0 aliphatic carbocycles. The first-order valence-electron chi connectivity index (χ1n) is 7.18. The Labute approximate surface area is 141 Å². The molecule has 0 saturated heterocycles. The highest BCUT2D eigenvalue weighted by Crippen LogP contribution is 2.27. The predicted molar refractivity (Wildman–Crippen MR) is 85.2 cm³/mol. The van der Waals surface area contributed by atoms with Crippen LogP contribution in [0, 0.1) is 13.8 Å². The van der Waals surface area contributed by atoms with Gasteiger partial charge < -0.3 is 5.32 Å². The second kappa shape index (κ2) is 7.25. The predicted octanol–water partition coefficient (Wildman–Crippen LogP) is 3.04. The van der Waals surface area contributed by atoms with Crippen LogP contribution in [0.4, 0.5) is 13.2 Å². The van der Waals surface area contributed by atoms with Gasteiger partial charge in [-0.2, -0.15) is 13.2 Å². The number of amides is 1. The number of halogens is 3. The highest BCUT2D eigenvalue weighted by molar-refractivity contribution is 8.00. The molecule has 130 valence electrons. The zero-order chi connectivity index (χ0) is 17.9.